The van der Waals surface area contributed by atoms with E-state index in [0.29, 0.717) is 11.7 Å². The zero-order valence-corrected chi connectivity index (χ0v) is 15.7. The number of para-hydroxylation sites is 1. The van der Waals surface area contributed by atoms with Crippen molar-refractivity contribution in [1.82, 2.24) is 9.97 Å². The summed E-state index contributed by atoms with van der Waals surface area (Å²) in [6.07, 6.45) is 4.19. The highest BCUT2D eigenvalue weighted by atomic mass is 16.1. The molecule has 2 aromatic carbocycles. The molecule has 1 aliphatic heterocycles. The third-order valence-corrected chi connectivity index (χ3v) is 5.09. The van der Waals surface area contributed by atoms with E-state index in [1.807, 2.05) is 38.1 Å². The van der Waals surface area contributed by atoms with Gasteiger partial charge in [0.1, 0.15) is 5.69 Å². The van der Waals surface area contributed by atoms with Crippen LogP contribution in [0.5, 0.6) is 0 Å². The zero-order chi connectivity index (χ0) is 19.0. The summed E-state index contributed by atoms with van der Waals surface area (Å²) in [5, 5.41) is 2.88. The van der Waals surface area contributed by atoms with Crippen LogP contribution in [0.4, 0.5) is 17.2 Å². The van der Waals surface area contributed by atoms with E-state index in [1.54, 1.807) is 12.4 Å². The Morgan fingerprint density at radius 2 is 1.89 bits per heavy atom. The van der Waals surface area contributed by atoms with Crippen molar-refractivity contribution in [3.63, 3.8) is 0 Å². The van der Waals surface area contributed by atoms with Crippen molar-refractivity contribution in [3.05, 3.63) is 77.2 Å². The Bertz CT molecular complexity index is 997. The Labute approximate surface area is 159 Å². The molecule has 0 saturated carbocycles. The number of hydrogen-bond acceptors (Lipinski definition) is 4. The van der Waals surface area contributed by atoms with Gasteiger partial charge in [0.15, 0.2) is 5.82 Å². The van der Waals surface area contributed by atoms with Crippen LogP contribution in [0.2, 0.25) is 0 Å². The van der Waals surface area contributed by atoms with E-state index in [4.69, 9.17) is 0 Å². The molecule has 1 atom stereocenters. The largest absolute Gasteiger partial charge is 0.322 e. The molecule has 0 radical (unpaired) electrons. The predicted octanol–water partition coefficient (Wildman–Crippen LogP) is 4.43. The van der Waals surface area contributed by atoms with Crippen molar-refractivity contribution in [2.24, 2.45) is 0 Å². The van der Waals surface area contributed by atoms with Crippen LogP contribution in [0.3, 0.4) is 0 Å². The minimum Gasteiger partial charge on any atom is -0.322 e. The van der Waals surface area contributed by atoms with Crippen molar-refractivity contribution in [3.8, 4) is 0 Å². The molecule has 4 rings (SSSR count). The molecule has 1 amide bonds. The van der Waals surface area contributed by atoms with E-state index in [0.717, 1.165) is 29.2 Å². The van der Waals surface area contributed by atoms with Crippen LogP contribution >= 0.6 is 0 Å². The Morgan fingerprint density at radius 1 is 1.07 bits per heavy atom. The molecule has 3 aromatic rings. The third-order valence-electron chi connectivity index (χ3n) is 5.09. The normalized spacial score (nSPS) is 15.5. The van der Waals surface area contributed by atoms with Crippen LogP contribution in [0, 0.1) is 13.8 Å². The van der Waals surface area contributed by atoms with Gasteiger partial charge >= 0.3 is 0 Å². The highest BCUT2D eigenvalue weighted by molar-refractivity contribution is 6.02. The van der Waals surface area contributed by atoms with Gasteiger partial charge in [0.2, 0.25) is 0 Å². The number of hydrogen-bond donors (Lipinski definition) is 1. The average molecular weight is 358 g/mol. The first-order valence-electron chi connectivity index (χ1n) is 9.11. The fourth-order valence-corrected chi connectivity index (χ4v) is 3.49. The van der Waals surface area contributed by atoms with Crippen LogP contribution in [0.1, 0.15) is 34.1 Å². The molecule has 1 unspecified atom stereocenters. The number of aromatic nitrogens is 2. The molecule has 27 heavy (non-hydrogen) atoms. The smallest absolute Gasteiger partial charge is 0.275 e. The summed E-state index contributed by atoms with van der Waals surface area (Å²) < 4.78 is 0. The van der Waals surface area contributed by atoms with Gasteiger partial charge in [0.25, 0.3) is 5.91 Å². The number of carbonyl (C=O) groups excluding carboxylic acids is 1. The molecule has 5 nitrogen and oxygen atoms in total. The molecule has 1 aliphatic rings. The first kappa shape index (κ1) is 17.2. The fraction of sp³-hybridized carbons (Fsp3) is 0.227. The van der Waals surface area contributed by atoms with Crippen molar-refractivity contribution < 1.29 is 4.79 Å². The maximum absolute atomic E-state index is 12.5. The number of carbonyl (C=O) groups is 1. The second kappa shape index (κ2) is 6.83. The Balaban J connectivity index is 1.54. The van der Waals surface area contributed by atoms with Crippen LogP contribution < -0.4 is 10.2 Å². The van der Waals surface area contributed by atoms with E-state index in [2.05, 4.69) is 45.3 Å². The lowest BCUT2D eigenvalue weighted by molar-refractivity contribution is 0.102. The number of nitrogens with one attached hydrogen (secondary N) is 1. The van der Waals surface area contributed by atoms with Crippen LogP contribution in [-0.2, 0) is 6.42 Å². The van der Waals surface area contributed by atoms with Crippen LogP contribution in [0.15, 0.2) is 54.9 Å². The Kier molecular flexibility index (Phi) is 4.36. The quantitative estimate of drug-likeness (QED) is 0.752. The summed E-state index contributed by atoms with van der Waals surface area (Å²) in [6.45, 7) is 6.24. The summed E-state index contributed by atoms with van der Waals surface area (Å²) in [5.74, 6) is 0.502. The molecule has 5 heteroatoms. The van der Waals surface area contributed by atoms with Gasteiger partial charge < -0.3 is 10.2 Å². The van der Waals surface area contributed by atoms with Crippen molar-refractivity contribution >= 4 is 23.1 Å². The van der Waals surface area contributed by atoms with Gasteiger partial charge in [-0.2, -0.15) is 0 Å². The monoisotopic (exact) mass is 358 g/mol. The van der Waals surface area contributed by atoms with Gasteiger partial charge in [-0.3, -0.25) is 4.79 Å². The number of fused-ring (bicyclic) bond motifs is 1. The highest BCUT2D eigenvalue weighted by Gasteiger charge is 2.27. The molecule has 0 bridgehead atoms. The van der Waals surface area contributed by atoms with Crippen LogP contribution in [-0.4, -0.2) is 21.9 Å². The number of rotatable bonds is 3. The minimum absolute atomic E-state index is 0.257. The van der Waals surface area contributed by atoms with Crippen molar-refractivity contribution in [2.45, 2.75) is 33.2 Å². The van der Waals surface area contributed by atoms with Crippen molar-refractivity contribution in [1.29, 1.82) is 0 Å². The highest BCUT2D eigenvalue weighted by Crippen LogP contribution is 2.36. The fourth-order valence-electron chi connectivity index (χ4n) is 3.49. The van der Waals surface area contributed by atoms with Gasteiger partial charge in [0.05, 0.1) is 12.4 Å². The van der Waals surface area contributed by atoms with E-state index >= 15 is 0 Å². The SMILES string of the molecule is Cc1ccc(NC(=O)c2cnc(N3c4ccccc4CC3C)cn2)cc1C. The minimum atomic E-state index is -0.257. The van der Waals surface area contributed by atoms with Gasteiger partial charge in [-0.25, -0.2) is 9.97 Å². The van der Waals surface area contributed by atoms with Gasteiger partial charge in [-0.1, -0.05) is 24.3 Å². The second-order valence-corrected chi connectivity index (χ2v) is 7.06. The number of nitrogens with zero attached hydrogens (tertiary/aromatic N) is 3. The van der Waals surface area contributed by atoms with Crippen molar-refractivity contribution in [2.75, 3.05) is 10.2 Å². The van der Waals surface area contributed by atoms with E-state index in [1.165, 1.54) is 11.1 Å². The van der Waals surface area contributed by atoms with E-state index in [-0.39, 0.29) is 5.91 Å². The maximum Gasteiger partial charge on any atom is 0.275 e. The van der Waals surface area contributed by atoms with Gasteiger partial charge in [-0.15, -0.1) is 0 Å². The number of aryl methyl sites for hydroxylation is 2. The molecule has 1 N–H and O–H groups in total. The van der Waals surface area contributed by atoms with E-state index < -0.39 is 0 Å². The average Bonchev–Trinajstić information content (AvgIpc) is 3.00. The lowest BCUT2D eigenvalue weighted by Crippen LogP contribution is -2.25. The van der Waals surface area contributed by atoms with E-state index in [9.17, 15) is 4.79 Å². The number of benzene rings is 2. The molecular formula is C22H22N4O. The van der Waals surface area contributed by atoms with Gasteiger partial charge in [0, 0.05) is 17.4 Å². The maximum atomic E-state index is 12.5. The molecule has 136 valence electrons. The summed E-state index contributed by atoms with van der Waals surface area (Å²) in [5.41, 5.74) is 5.86. The zero-order valence-electron chi connectivity index (χ0n) is 15.7. The standard InChI is InChI=1S/C22H22N4O/c1-14-8-9-18(10-15(14)2)25-22(27)19-12-24-21(13-23-19)26-16(3)11-17-6-4-5-7-20(17)26/h4-10,12-13,16H,11H2,1-3H3,(H,25,27). The Morgan fingerprint density at radius 3 is 2.63 bits per heavy atom. The molecule has 1 aromatic heterocycles. The second-order valence-electron chi connectivity index (χ2n) is 7.06. The summed E-state index contributed by atoms with van der Waals surface area (Å²) in [4.78, 5) is 23.5. The molecule has 0 aliphatic carbocycles. The summed E-state index contributed by atoms with van der Waals surface area (Å²) in [7, 11) is 0. The molecular weight excluding hydrogens is 336 g/mol. The number of anilines is 3. The summed E-state index contributed by atoms with van der Waals surface area (Å²) >= 11 is 0. The number of amides is 1. The van der Waals surface area contributed by atoms with Gasteiger partial charge in [-0.05, 0) is 62.1 Å². The summed E-state index contributed by atoms with van der Waals surface area (Å²) in [6, 6.07) is 14.5. The lowest BCUT2D eigenvalue weighted by Gasteiger charge is -2.23. The first-order valence-corrected chi connectivity index (χ1v) is 9.11. The molecule has 2 heterocycles. The first-order chi connectivity index (χ1) is 13.0. The topological polar surface area (TPSA) is 58.1 Å². The van der Waals surface area contributed by atoms with Crippen LogP contribution in [0.25, 0.3) is 0 Å². The Hall–Kier alpha value is -3.21. The molecule has 0 saturated heterocycles. The molecule has 0 spiro atoms. The predicted molar refractivity (Wildman–Crippen MR) is 108 cm³/mol. The lowest BCUT2D eigenvalue weighted by atomic mass is 10.1. The third kappa shape index (κ3) is 3.28. The molecule has 0 fully saturated rings.